The van der Waals surface area contributed by atoms with Gasteiger partial charge in [-0.2, -0.15) is 0 Å². The predicted octanol–water partition coefficient (Wildman–Crippen LogP) is 6.59. The molecule has 2 fully saturated rings. The van der Waals surface area contributed by atoms with E-state index in [0.29, 0.717) is 30.1 Å². The molecule has 1 N–H and O–H groups in total. The summed E-state index contributed by atoms with van der Waals surface area (Å²) in [5.74, 6) is 1.39. The average molecular weight is 562 g/mol. The molecule has 5 rings (SSSR count). The molecule has 0 aromatic heterocycles. The molecule has 7 unspecified atom stereocenters. The van der Waals surface area contributed by atoms with Gasteiger partial charge in [-0.1, -0.05) is 32.1 Å². The van der Waals surface area contributed by atoms with Crippen LogP contribution in [0.4, 0.5) is 13.2 Å². The Morgan fingerprint density at radius 2 is 1.87 bits per heavy atom. The number of hydrogen-bond acceptors (Lipinski definition) is 4. The van der Waals surface area contributed by atoms with E-state index in [1.165, 1.54) is 23.8 Å². The minimum absolute atomic E-state index is 0.0755. The number of ketones is 1. The largest absolute Gasteiger partial charge is 0.573 e. The molecular formula is C30H34F3NO4S. The third-order valence-corrected chi connectivity index (χ3v) is 11.0. The number of amides is 1. The fourth-order valence-corrected chi connectivity index (χ4v) is 8.53. The molecule has 1 aromatic carbocycles. The standard InChI is InChI=1S/C30H34F3NO4S/c1-28-17-15-26-24(12-6-20-18-21(35)14-16-29(20,26)2)25(28)13-7-19(28)4-3-5-27(36)34-39(37)23-10-8-22(9-11-23)38-30(31,32)33/h3,5-6,8-12,18-19,24-26H,4,7,13-17H2,1-2H3,(H,34,36)/b5-3+. The molecule has 210 valence electrons. The van der Waals surface area contributed by atoms with Crippen molar-refractivity contribution >= 4 is 22.7 Å². The van der Waals surface area contributed by atoms with Crippen LogP contribution in [0.15, 0.2) is 65.1 Å². The molecule has 1 amide bonds. The maximum absolute atomic E-state index is 12.4. The van der Waals surface area contributed by atoms with Gasteiger partial charge in [-0.05, 0) is 115 Å². The second kappa shape index (κ2) is 10.4. The quantitative estimate of drug-likeness (QED) is 0.398. The number of nitrogens with one attached hydrogen (secondary N) is 1. The second-order valence-corrected chi connectivity index (χ2v) is 13.1. The number of halogens is 3. The molecule has 39 heavy (non-hydrogen) atoms. The third kappa shape index (κ3) is 5.52. The highest BCUT2D eigenvalue weighted by Gasteiger charge is 2.57. The summed E-state index contributed by atoms with van der Waals surface area (Å²) in [6, 6.07) is 4.56. The van der Waals surface area contributed by atoms with E-state index in [9.17, 15) is 27.0 Å². The molecule has 0 spiro atoms. The Labute approximate surface area is 229 Å². The van der Waals surface area contributed by atoms with Crippen molar-refractivity contribution in [3.05, 3.63) is 60.2 Å². The van der Waals surface area contributed by atoms with Gasteiger partial charge in [0.15, 0.2) is 16.8 Å². The van der Waals surface area contributed by atoms with Gasteiger partial charge in [0.05, 0.1) is 4.90 Å². The van der Waals surface area contributed by atoms with Gasteiger partial charge < -0.3 is 4.74 Å². The number of carbonyl (C=O) groups is 2. The summed E-state index contributed by atoms with van der Waals surface area (Å²) in [7, 11) is -1.90. The number of carbonyl (C=O) groups excluding carboxylic acids is 2. The number of allylic oxidation sites excluding steroid dienone is 5. The number of benzene rings is 1. The van der Waals surface area contributed by atoms with Gasteiger partial charge in [-0.3, -0.25) is 14.3 Å². The van der Waals surface area contributed by atoms with Crippen LogP contribution in [0, 0.1) is 34.5 Å². The normalized spacial score (nSPS) is 34.6. The minimum Gasteiger partial charge on any atom is -0.406 e. The summed E-state index contributed by atoms with van der Waals surface area (Å²) < 4.78 is 55.6. The van der Waals surface area contributed by atoms with E-state index in [-0.39, 0.29) is 21.5 Å². The van der Waals surface area contributed by atoms with Crippen molar-refractivity contribution in [1.82, 2.24) is 4.72 Å². The molecule has 4 aliphatic carbocycles. The second-order valence-electron chi connectivity index (χ2n) is 11.8. The molecule has 0 heterocycles. The van der Waals surface area contributed by atoms with Crippen molar-refractivity contribution in [1.29, 1.82) is 0 Å². The Balaban J connectivity index is 1.18. The van der Waals surface area contributed by atoms with Crippen LogP contribution in [-0.4, -0.2) is 22.3 Å². The molecule has 5 nitrogen and oxygen atoms in total. The van der Waals surface area contributed by atoms with Gasteiger partial charge in [0.2, 0.25) is 0 Å². The van der Waals surface area contributed by atoms with E-state index >= 15 is 0 Å². The number of rotatable bonds is 6. The zero-order valence-electron chi connectivity index (χ0n) is 22.1. The van der Waals surface area contributed by atoms with Crippen molar-refractivity contribution in [2.24, 2.45) is 34.5 Å². The zero-order chi connectivity index (χ0) is 28.0. The fourth-order valence-electron chi connectivity index (χ4n) is 7.78. The maximum atomic E-state index is 12.4. The highest BCUT2D eigenvalue weighted by molar-refractivity contribution is 7.83. The lowest BCUT2D eigenvalue weighted by atomic mass is 9.48. The van der Waals surface area contributed by atoms with Crippen LogP contribution in [-0.2, 0) is 20.6 Å². The highest BCUT2D eigenvalue weighted by atomic mass is 32.2. The first-order chi connectivity index (χ1) is 18.4. The monoisotopic (exact) mass is 561 g/mol. The Morgan fingerprint density at radius 3 is 2.59 bits per heavy atom. The molecular weight excluding hydrogens is 527 g/mol. The van der Waals surface area contributed by atoms with Gasteiger partial charge in [-0.25, -0.2) is 4.21 Å². The summed E-state index contributed by atoms with van der Waals surface area (Å²) >= 11 is 0. The van der Waals surface area contributed by atoms with E-state index in [0.717, 1.165) is 50.7 Å². The third-order valence-electron chi connectivity index (χ3n) is 9.87. The highest BCUT2D eigenvalue weighted by Crippen LogP contribution is 2.65. The summed E-state index contributed by atoms with van der Waals surface area (Å²) in [5.41, 5.74) is 1.46. The van der Waals surface area contributed by atoms with E-state index < -0.39 is 29.0 Å². The predicted molar refractivity (Wildman–Crippen MR) is 142 cm³/mol. The van der Waals surface area contributed by atoms with Crippen LogP contribution in [0.3, 0.4) is 0 Å². The first kappa shape index (κ1) is 27.9. The van der Waals surface area contributed by atoms with Crippen LogP contribution in [0.2, 0.25) is 0 Å². The first-order valence-corrected chi connectivity index (χ1v) is 14.7. The summed E-state index contributed by atoms with van der Waals surface area (Å²) in [6.45, 7) is 4.74. The van der Waals surface area contributed by atoms with Crippen LogP contribution in [0.5, 0.6) is 5.75 Å². The fraction of sp³-hybridized carbons (Fsp3) is 0.533. The van der Waals surface area contributed by atoms with Crippen LogP contribution in [0.25, 0.3) is 0 Å². The van der Waals surface area contributed by atoms with Crippen LogP contribution < -0.4 is 9.46 Å². The maximum Gasteiger partial charge on any atom is 0.573 e. The lowest BCUT2D eigenvalue weighted by Crippen LogP contribution is -2.48. The summed E-state index contributed by atoms with van der Waals surface area (Å²) in [4.78, 5) is 24.6. The number of ether oxygens (including phenoxy) is 1. The van der Waals surface area contributed by atoms with Crippen molar-refractivity contribution in [2.45, 2.75) is 70.1 Å². The van der Waals surface area contributed by atoms with Crippen molar-refractivity contribution in [3.8, 4) is 5.75 Å². The zero-order valence-corrected chi connectivity index (χ0v) is 22.9. The van der Waals surface area contributed by atoms with Gasteiger partial charge >= 0.3 is 6.36 Å². The van der Waals surface area contributed by atoms with Gasteiger partial charge in [0, 0.05) is 6.42 Å². The summed E-state index contributed by atoms with van der Waals surface area (Å²) in [5, 5.41) is 0. The molecule has 2 saturated carbocycles. The number of hydrogen-bond donors (Lipinski definition) is 1. The summed E-state index contributed by atoms with van der Waals surface area (Å²) in [6.07, 6.45) is 11.7. The lowest BCUT2D eigenvalue weighted by molar-refractivity contribution is -0.274. The van der Waals surface area contributed by atoms with Gasteiger partial charge in [0.1, 0.15) is 5.75 Å². The Bertz CT molecular complexity index is 1250. The van der Waals surface area contributed by atoms with Crippen LogP contribution >= 0.6 is 0 Å². The van der Waals surface area contributed by atoms with Crippen LogP contribution in [0.1, 0.15) is 58.8 Å². The molecule has 7 atom stereocenters. The Morgan fingerprint density at radius 1 is 1.13 bits per heavy atom. The number of fused-ring (bicyclic) bond motifs is 5. The number of alkyl halides is 3. The molecule has 0 saturated heterocycles. The minimum atomic E-state index is -4.81. The topological polar surface area (TPSA) is 72.5 Å². The first-order valence-electron chi connectivity index (χ1n) is 13.6. The average Bonchev–Trinajstić information content (AvgIpc) is 3.20. The van der Waals surface area contributed by atoms with Gasteiger partial charge in [-0.15, -0.1) is 13.2 Å². The van der Waals surface area contributed by atoms with E-state index in [2.05, 4.69) is 35.5 Å². The Hall–Kier alpha value is -2.68. The molecule has 0 radical (unpaired) electrons. The van der Waals surface area contributed by atoms with E-state index in [4.69, 9.17) is 0 Å². The molecule has 0 bridgehead atoms. The van der Waals surface area contributed by atoms with Crippen molar-refractivity contribution in [3.63, 3.8) is 0 Å². The van der Waals surface area contributed by atoms with Crippen molar-refractivity contribution < 1.29 is 31.7 Å². The SMILES string of the molecule is CC12CCC(=O)C=C1C=CC1C2CCC2(C)C(C/C=C/C(=O)NS(=O)c3ccc(OC(F)(F)F)cc3)CCC12. The lowest BCUT2D eigenvalue weighted by Gasteiger charge is -2.56. The molecule has 1 aromatic rings. The molecule has 0 aliphatic heterocycles. The van der Waals surface area contributed by atoms with Gasteiger partial charge in [0.25, 0.3) is 5.91 Å². The van der Waals surface area contributed by atoms with Crippen molar-refractivity contribution in [2.75, 3.05) is 0 Å². The molecule has 4 aliphatic rings. The smallest absolute Gasteiger partial charge is 0.406 e. The van der Waals surface area contributed by atoms with E-state index in [1.54, 1.807) is 0 Å². The molecule has 9 heteroatoms. The van der Waals surface area contributed by atoms with E-state index in [1.807, 2.05) is 12.2 Å². The Kier molecular flexibility index (Phi) is 7.42.